The smallest absolute Gasteiger partial charge is 0.250 e. The van der Waals surface area contributed by atoms with E-state index in [1.165, 1.54) is 18.0 Å². The third kappa shape index (κ3) is 4.27. The van der Waals surface area contributed by atoms with Crippen LogP contribution in [0.2, 0.25) is 10.0 Å². The fourth-order valence-corrected chi connectivity index (χ4v) is 4.23. The molecule has 1 heterocycles. The van der Waals surface area contributed by atoms with Crippen molar-refractivity contribution >= 4 is 68.6 Å². The lowest BCUT2D eigenvalue weighted by molar-refractivity contribution is -0.118. The van der Waals surface area contributed by atoms with E-state index in [0.717, 1.165) is 14.6 Å². The molecule has 0 aliphatic heterocycles. The Balaban J connectivity index is 1.55. The molecule has 0 saturated heterocycles. The second kappa shape index (κ2) is 7.98. The number of benzene rings is 2. The van der Waals surface area contributed by atoms with Gasteiger partial charge in [0, 0.05) is 5.56 Å². The summed E-state index contributed by atoms with van der Waals surface area (Å²) < 4.78 is 1.95. The molecule has 1 amide bonds. The molecule has 3 aromatic rings. The van der Waals surface area contributed by atoms with Crippen molar-refractivity contribution in [1.29, 1.82) is 0 Å². The molecule has 0 atom stereocenters. The predicted molar refractivity (Wildman–Crippen MR) is 103 cm³/mol. The molecule has 4 nitrogen and oxygen atoms in total. The average Bonchev–Trinajstić information content (AvgIpc) is 2.98. The summed E-state index contributed by atoms with van der Waals surface area (Å²) in [4.78, 5) is 16.3. The number of hydrogen-bond acceptors (Lipinski definition) is 5. The summed E-state index contributed by atoms with van der Waals surface area (Å²) in [6, 6.07) is 13.0. The maximum Gasteiger partial charge on any atom is 0.250 e. The van der Waals surface area contributed by atoms with Crippen LogP contribution in [-0.4, -0.2) is 22.9 Å². The number of thiazole rings is 1. The van der Waals surface area contributed by atoms with Crippen LogP contribution in [0.3, 0.4) is 0 Å². The van der Waals surface area contributed by atoms with Crippen molar-refractivity contribution in [1.82, 2.24) is 10.4 Å². The molecule has 0 spiro atoms. The van der Waals surface area contributed by atoms with Crippen LogP contribution in [0.1, 0.15) is 5.56 Å². The number of hydrogen-bond donors (Lipinski definition) is 1. The molecule has 0 unspecified atom stereocenters. The van der Waals surface area contributed by atoms with Crippen LogP contribution in [0, 0.1) is 0 Å². The number of amides is 1. The first-order valence-corrected chi connectivity index (χ1v) is 9.43. The van der Waals surface area contributed by atoms with Gasteiger partial charge in [-0.05, 0) is 24.3 Å². The van der Waals surface area contributed by atoms with Crippen LogP contribution in [-0.2, 0) is 4.79 Å². The fraction of sp³-hybridized carbons (Fsp3) is 0.0625. The highest BCUT2D eigenvalue weighted by Crippen LogP contribution is 2.29. The summed E-state index contributed by atoms with van der Waals surface area (Å²) in [7, 11) is 0. The van der Waals surface area contributed by atoms with Crippen LogP contribution in [0.5, 0.6) is 0 Å². The van der Waals surface area contributed by atoms with Crippen molar-refractivity contribution in [3.05, 3.63) is 58.1 Å². The molecular weight excluding hydrogens is 385 g/mol. The molecule has 0 saturated carbocycles. The summed E-state index contributed by atoms with van der Waals surface area (Å²) in [6.07, 6.45) is 1.44. The lowest BCUT2D eigenvalue weighted by Crippen LogP contribution is -2.19. The third-order valence-electron chi connectivity index (χ3n) is 2.98. The Bertz CT molecular complexity index is 858. The van der Waals surface area contributed by atoms with Crippen molar-refractivity contribution in [3.63, 3.8) is 0 Å². The Morgan fingerprint density at radius 2 is 1.96 bits per heavy atom. The minimum Gasteiger partial charge on any atom is -0.272 e. The quantitative estimate of drug-likeness (QED) is 0.381. The molecule has 2 aromatic carbocycles. The van der Waals surface area contributed by atoms with Gasteiger partial charge in [0.05, 0.1) is 32.2 Å². The summed E-state index contributed by atoms with van der Waals surface area (Å²) in [5.41, 5.74) is 3.97. The Labute approximate surface area is 156 Å². The maximum absolute atomic E-state index is 11.9. The van der Waals surface area contributed by atoms with Gasteiger partial charge in [-0.3, -0.25) is 4.79 Å². The third-order valence-corrected chi connectivity index (χ3v) is 5.82. The number of fused-ring (bicyclic) bond motifs is 1. The summed E-state index contributed by atoms with van der Waals surface area (Å²) in [6.45, 7) is 0. The highest BCUT2D eigenvalue weighted by molar-refractivity contribution is 8.01. The Morgan fingerprint density at radius 3 is 2.71 bits per heavy atom. The van der Waals surface area contributed by atoms with Crippen molar-refractivity contribution < 1.29 is 4.79 Å². The molecule has 1 aromatic heterocycles. The van der Waals surface area contributed by atoms with Crippen molar-refractivity contribution in [2.45, 2.75) is 4.34 Å². The Kier molecular flexibility index (Phi) is 5.73. The largest absolute Gasteiger partial charge is 0.272 e. The molecule has 1 N–H and O–H groups in total. The van der Waals surface area contributed by atoms with Crippen LogP contribution >= 0.6 is 46.3 Å². The van der Waals surface area contributed by atoms with Crippen molar-refractivity contribution in [2.75, 3.05) is 5.75 Å². The molecule has 0 aliphatic carbocycles. The lowest BCUT2D eigenvalue weighted by Gasteiger charge is -2.01. The zero-order valence-electron chi connectivity index (χ0n) is 12.2. The van der Waals surface area contributed by atoms with E-state index >= 15 is 0 Å². The van der Waals surface area contributed by atoms with Gasteiger partial charge in [-0.1, -0.05) is 53.2 Å². The van der Waals surface area contributed by atoms with Gasteiger partial charge in [0.15, 0.2) is 4.34 Å². The van der Waals surface area contributed by atoms with E-state index in [1.54, 1.807) is 29.5 Å². The second-order valence-corrected chi connectivity index (χ2v) is 7.73. The maximum atomic E-state index is 11.9. The van der Waals surface area contributed by atoms with Crippen LogP contribution in [0.15, 0.2) is 51.9 Å². The van der Waals surface area contributed by atoms with Gasteiger partial charge >= 0.3 is 0 Å². The Morgan fingerprint density at radius 1 is 1.21 bits per heavy atom. The highest BCUT2D eigenvalue weighted by Gasteiger charge is 2.07. The molecule has 0 bridgehead atoms. The van der Waals surface area contributed by atoms with Gasteiger partial charge in [0.25, 0.3) is 5.91 Å². The number of carbonyl (C=O) groups is 1. The Hall–Kier alpha value is -1.60. The number of nitrogens with zero attached hydrogens (tertiary/aromatic N) is 2. The van der Waals surface area contributed by atoms with E-state index < -0.39 is 0 Å². The molecule has 0 aliphatic rings. The van der Waals surface area contributed by atoms with Crippen molar-refractivity contribution in [2.24, 2.45) is 5.10 Å². The van der Waals surface area contributed by atoms with Gasteiger partial charge < -0.3 is 0 Å². The number of rotatable bonds is 5. The number of hydrazone groups is 1. The number of carbonyl (C=O) groups excluding carboxylic acids is 1. The van der Waals surface area contributed by atoms with Gasteiger partial charge in [0.1, 0.15) is 0 Å². The lowest BCUT2D eigenvalue weighted by atomic mass is 10.2. The minimum atomic E-state index is -0.223. The number of thioether (sulfide) groups is 1. The first-order chi connectivity index (χ1) is 11.6. The van der Waals surface area contributed by atoms with E-state index in [1.807, 2.05) is 24.3 Å². The number of aromatic nitrogens is 1. The van der Waals surface area contributed by atoms with Gasteiger partial charge in [-0.2, -0.15) is 5.10 Å². The first-order valence-electron chi connectivity index (χ1n) is 6.88. The topological polar surface area (TPSA) is 54.4 Å². The first kappa shape index (κ1) is 17.2. The fourth-order valence-electron chi connectivity index (χ4n) is 1.88. The molecule has 0 fully saturated rings. The van der Waals surface area contributed by atoms with E-state index in [0.29, 0.717) is 15.6 Å². The van der Waals surface area contributed by atoms with E-state index in [2.05, 4.69) is 15.5 Å². The van der Waals surface area contributed by atoms with Gasteiger partial charge in [0.2, 0.25) is 0 Å². The molecular formula is C16H11Cl2N3OS2. The SMILES string of the molecule is O=C(CSc1nc2ccccc2s1)N/N=C/c1c(Cl)cccc1Cl. The predicted octanol–water partition coefficient (Wildman–Crippen LogP) is 4.85. The van der Waals surface area contributed by atoms with E-state index in [9.17, 15) is 4.79 Å². The number of para-hydroxylation sites is 1. The zero-order chi connectivity index (χ0) is 16.9. The van der Waals surface area contributed by atoms with Gasteiger partial charge in [-0.25, -0.2) is 10.4 Å². The average molecular weight is 396 g/mol. The monoisotopic (exact) mass is 395 g/mol. The number of nitrogens with one attached hydrogen (secondary N) is 1. The summed E-state index contributed by atoms with van der Waals surface area (Å²) in [5, 5.41) is 4.85. The summed E-state index contributed by atoms with van der Waals surface area (Å²) >= 11 is 15.0. The normalized spacial score (nSPS) is 11.2. The molecule has 3 rings (SSSR count). The van der Waals surface area contributed by atoms with Crippen LogP contribution < -0.4 is 5.43 Å². The van der Waals surface area contributed by atoms with Gasteiger partial charge in [-0.15, -0.1) is 11.3 Å². The zero-order valence-corrected chi connectivity index (χ0v) is 15.3. The van der Waals surface area contributed by atoms with Crippen LogP contribution in [0.4, 0.5) is 0 Å². The highest BCUT2D eigenvalue weighted by atomic mass is 35.5. The molecule has 122 valence electrons. The number of halogens is 2. The molecule has 8 heteroatoms. The second-order valence-electron chi connectivity index (χ2n) is 4.66. The van der Waals surface area contributed by atoms with E-state index in [-0.39, 0.29) is 11.7 Å². The van der Waals surface area contributed by atoms with Crippen LogP contribution in [0.25, 0.3) is 10.2 Å². The molecule has 24 heavy (non-hydrogen) atoms. The standard InChI is InChI=1S/C16H11Cl2N3OS2/c17-11-4-3-5-12(18)10(11)8-19-21-15(22)9-23-16-20-13-6-1-2-7-14(13)24-16/h1-8H,9H2,(H,21,22)/b19-8+. The summed E-state index contributed by atoms with van der Waals surface area (Å²) in [5.74, 6) is 0.00614. The minimum absolute atomic E-state index is 0.223. The molecule has 0 radical (unpaired) electrons. The van der Waals surface area contributed by atoms with E-state index in [4.69, 9.17) is 23.2 Å². The van der Waals surface area contributed by atoms with Crippen molar-refractivity contribution in [3.8, 4) is 0 Å².